The number of aromatic amines is 3. The normalized spacial score (nSPS) is 11.2. The first-order valence-electron chi connectivity index (χ1n) is 4.48. The highest BCUT2D eigenvalue weighted by Gasteiger charge is 2.04. The first-order valence-corrected chi connectivity index (χ1v) is 4.48. The predicted octanol–water partition coefficient (Wildman–Crippen LogP) is 0.698. The van der Waals surface area contributed by atoms with E-state index in [4.69, 9.17) is 0 Å². The molecule has 0 fully saturated rings. The second-order valence-corrected chi connectivity index (χ2v) is 3.34. The van der Waals surface area contributed by atoms with Gasteiger partial charge in [0.05, 0.1) is 10.9 Å². The molecule has 1 aromatic carbocycles. The van der Waals surface area contributed by atoms with Crippen LogP contribution >= 0.6 is 0 Å². The molecular weight excluding hydrogens is 194 g/mol. The van der Waals surface area contributed by atoms with E-state index in [-0.39, 0.29) is 5.56 Å². The van der Waals surface area contributed by atoms with Crippen LogP contribution in [-0.4, -0.2) is 15.0 Å². The van der Waals surface area contributed by atoms with Gasteiger partial charge in [-0.1, -0.05) is 0 Å². The Balaban J connectivity index is 2.74. The van der Waals surface area contributed by atoms with Gasteiger partial charge in [-0.25, -0.2) is 4.79 Å². The third-order valence-electron chi connectivity index (χ3n) is 2.44. The molecule has 0 saturated carbocycles. The SMILES string of the molecule is O=c1[nH]c(=O)c2ccc3[nH]ccc3c2[nH]1. The number of hydrogen-bond acceptors (Lipinski definition) is 2. The van der Waals surface area contributed by atoms with E-state index < -0.39 is 5.69 Å². The summed E-state index contributed by atoms with van der Waals surface area (Å²) in [5.74, 6) is 0. The molecule has 5 heteroatoms. The number of H-pyrrole nitrogens is 3. The molecule has 0 spiro atoms. The summed E-state index contributed by atoms with van der Waals surface area (Å²) in [5.41, 5.74) is 0.615. The summed E-state index contributed by atoms with van der Waals surface area (Å²) in [6.07, 6.45) is 1.77. The van der Waals surface area contributed by atoms with Gasteiger partial charge < -0.3 is 9.97 Å². The minimum Gasteiger partial charge on any atom is -0.361 e. The zero-order chi connectivity index (χ0) is 10.4. The molecule has 3 aromatic rings. The number of rotatable bonds is 0. The maximum absolute atomic E-state index is 11.5. The topological polar surface area (TPSA) is 81.5 Å². The Hall–Kier alpha value is -2.30. The van der Waals surface area contributed by atoms with Crippen LogP contribution in [-0.2, 0) is 0 Å². The van der Waals surface area contributed by atoms with Crippen molar-refractivity contribution in [3.05, 3.63) is 45.2 Å². The lowest BCUT2D eigenvalue weighted by Gasteiger charge is -1.97. The first-order chi connectivity index (χ1) is 7.25. The molecule has 15 heavy (non-hydrogen) atoms. The molecule has 0 aliphatic carbocycles. The molecule has 0 aliphatic rings. The molecule has 74 valence electrons. The molecule has 0 atom stereocenters. The summed E-state index contributed by atoms with van der Waals surface area (Å²) >= 11 is 0. The van der Waals surface area contributed by atoms with Gasteiger partial charge in [0.2, 0.25) is 0 Å². The highest BCUT2D eigenvalue weighted by Crippen LogP contribution is 2.18. The fourth-order valence-electron chi connectivity index (χ4n) is 1.77. The van der Waals surface area contributed by atoms with Crippen LogP contribution in [0.4, 0.5) is 0 Å². The summed E-state index contributed by atoms with van der Waals surface area (Å²) in [4.78, 5) is 30.5. The second kappa shape index (κ2) is 2.60. The lowest BCUT2D eigenvalue weighted by molar-refractivity contribution is 1.08. The lowest BCUT2D eigenvalue weighted by Crippen LogP contribution is -2.21. The number of aromatic nitrogens is 3. The van der Waals surface area contributed by atoms with Crippen LogP contribution in [0, 0.1) is 0 Å². The number of benzene rings is 1. The fourth-order valence-corrected chi connectivity index (χ4v) is 1.77. The minimum atomic E-state index is -0.485. The molecule has 2 aromatic heterocycles. The van der Waals surface area contributed by atoms with E-state index in [1.165, 1.54) is 0 Å². The van der Waals surface area contributed by atoms with E-state index in [1.807, 2.05) is 12.1 Å². The summed E-state index contributed by atoms with van der Waals surface area (Å²) < 4.78 is 0. The van der Waals surface area contributed by atoms with Gasteiger partial charge in [0, 0.05) is 17.1 Å². The van der Waals surface area contributed by atoms with Crippen LogP contribution in [0.1, 0.15) is 0 Å². The Kier molecular flexibility index (Phi) is 1.39. The number of hydrogen-bond donors (Lipinski definition) is 3. The van der Waals surface area contributed by atoms with Crippen LogP contribution in [0.2, 0.25) is 0 Å². The standard InChI is InChI=1S/C10H7N3O2/c14-9-6-1-2-7-5(3-4-11-7)8(6)12-10(15)13-9/h1-4,11H,(H2,12,13,14,15). The third kappa shape index (κ3) is 1.03. The second-order valence-electron chi connectivity index (χ2n) is 3.34. The van der Waals surface area contributed by atoms with Gasteiger partial charge in [0.25, 0.3) is 5.56 Å². The van der Waals surface area contributed by atoms with Gasteiger partial charge in [-0.3, -0.25) is 9.78 Å². The van der Waals surface area contributed by atoms with Crippen LogP contribution in [0.3, 0.4) is 0 Å². The van der Waals surface area contributed by atoms with Crippen molar-refractivity contribution in [2.75, 3.05) is 0 Å². The Labute approximate surface area is 82.8 Å². The van der Waals surface area contributed by atoms with Crippen molar-refractivity contribution < 1.29 is 0 Å². The van der Waals surface area contributed by atoms with E-state index in [2.05, 4.69) is 15.0 Å². The molecule has 0 unspecified atom stereocenters. The smallest absolute Gasteiger partial charge is 0.326 e. The van der Waals surface area contributed by atoms with Gasteiger partial charge in [0.15, 0.2) is 0 Å². The summed E-state index contributed by atoms with van der Waals surface area (Å²) in [6.45, 7) is 0. The van der Waals surface area contributed by atoms with Gasteiger partial charge in [-0.2, -0.15) is 0 Å². The molecule has 3 N–H and O–H groups in total. The molecule has 0 saturated heterocycles. The summed E-state index contributed by atoms with van der Waals surface area (Å²) in [6, 6.07) is 5.32. The highest BCUT2D eigenvalue weighted by molar-refractivity contribution is 6.03. The monoisotopic (exact) mass is 201 g/mol. The largest absolute Gasteiger partial charge is 0.361 e. The van der Waals surface area contributed by atoms with Crippen molar-refractivity contribution in [2.45, 2.75) is 0 Å². The van der Waals surface area contributed by atoms with E-state index in [0.717, 1.165) is 10.9 Å². The van der Waals surface area contributed by atoms with E-state index in [1.54, 1.807) is 12.3 Å². The quantitative estimate of drug-likeness (QED) is 0.500. The molecule has 0 radical (unpaired) electrons. The molecule has 5 nitrogen and oxygen atoms in total. The van der Waals surface area contributed by atoms with Crippen molar-refractivity contribution in [3.63, 3.8) is 0 Å². The van der Waals surface area contributed by atoms with Crippen molar-refractivity contribution >= 4 is 21.8 Å². The van der Waals surface area contributed by atoms with Gasteiger partial charge in [-0.05, 0) is 18.2 Å². The molecule has 0 aliphatic heterocycles. The maximum Gasteiger partial charge on any atom is 0.326 e. The van der Waals surface area contributed by atoms with Crippen molar-refractivity contribution in [2.24, 2.45) is 0 Å². The molecule has 0 bridgehead atoms. The predicted molar refractivity (Wildman–Crippen MR) is 57.0 cm³/mol. The van der Waals surface area contributed by atoms with E-state index >= 15 is 0 Å². The van der Waals surface area contributed by atoms with Crippen molar-refractivity contribution in [1.82, 2.24) is 15.0 Å². The van der Waals surface area contributed by atoms with Gasteiger partial charge >= 0.3 is 5.69 Å². The van der Waals surface area contributed by atoms with Crippen molar-refractivity contribution in [3.8, 4) is 0 Å². The Morgan fingerprint density at radius 3 is 2.67 bits per heavy atom. The Bertz CT molecular complexity index is 763. The molecular formula is C10H7N3O2. The maximum atomic E-state index is 11.5. The summed E-state index contributed by atoms with van der Waals surface area (Å²) in [7, 11) is 0. The number of fused-ring (bicyclic) bond motifs is 3. The van der Waals surface area contributed by atoms with Gasteiger partial charge in [-0.15, -0.1) is 0 Å². The summed E-state index contributed by atoms with van der Waals surface area (Å²) in [5, 5.41) is 1.33. The van der Waals surface area contributed by atoms with E-state index in [9.17, 15) is 9.59 Å². The molecule has 2 heterocycles. The fraction of sp³-hybridized carbons (Fsp3) is 0. The van der Waals surface area contributed by atoms with Crippen LogP contribution in [0.15, 0.2) is 34.0 Å². The molecule has 3 rings (SSSR count). The average Bonchev–Trinajstić information content (AvgIpc) is 2.65. The minimum absolute atomic E-state index is 0.364. The Morgan fingerprint density at radius 2 is 1.80 bits per heavy atom. The Morgan fingerprint density at radius 1 is 0.933 bits per heavy atom. The highest BCUT2D eigenvalue weighted by atomic mass is 16.2. The number of nitrogens with one attached hydrogen (secondary N) is 3. The lowest BCUT2D eigenvalue weighted by atomic mass is 10.2. The zero-order valence-corrected chi connectivity index (χ0v) is 7.63. The zero-order valence-electron chi connectivity index (χ0n) is 7.63. The third-order valence-corrected chi connectivity index (χ3v) is 2.44. The molecule has 0 amide bonds. The van der Waals surface area contributed by atoms with Crippen LogP contribution in [0.25, 0.3) is 21.8 Å². The van der Waals surface area contributed by atoms with Crippen molar-refractivity contribution in [1.29, 1.82) is 0 Å². The van der Waals surface area contributed by atoms with Crippen LogP contribution in [0.5, 0.6) is 0 Å². The van der Waals surface area contributed by atoms with Gasteiger partial charge in [0.1, 0.15) is 0 Å². The first kappa shape index (κ1) is 8.05. The average molecular weight is 201 g/mol. The van der Waals surface area contributed by atoms with Crippen LogP contribution < -0.4 is 11.2 Å². The van der Waals surface area contributed by atoms with E-state index in [0.29, 0.717) is 10.9 Å².